The predicted molar refractivity (Wildman–Crippen MR) is 87.6 cm³/mol. The highest BCUT2D eigenvalue weighted by atomic mass is 32.1. The van der Waals surface area contributed by atoms with Crippen LogP contribution in [0.2, 0.25) is 0 Å². The Bertz CT molecular complexity index is 428. The van der Waals surface area contributed by atoms with E-state index < -0.39 is 0 Å². The van der Waals surface area contributed by atoms with Crippen molar-refractivity contribution in [2.24, 2.45) is 0 Å². The van der Waals surface area contributed by atoms with E-state index in [0.29, 0.717) is 6.04 Å². The molecule has 2 aliphatic rings. The van der Waals surface area contributed by atoms with E-state index in [1.54, 1.807) is 4.88 Å². The molecule has 3 rings (SSSR count). The van der Waals surface area contributed by atoms with E-state index in [9.17, 15) is 0 Å². The number of nitrogens with zero attached hydrogens (tertiary/aromatic N) is 1. The third kappa shape index (κ3) is 2.95. The summed E-state index contributed by atoms with van der Waals surface area (Å²) in [5.74, 6) is 0. The predicted octanol–water partition coefficient (Wildman–Crippen LogP) is 3.59. The van der Waals surface area contributed by atoms with Crippen molar-refractivity contribution in [3.8, 4) is 0 Å². The number of fused-ring (bicyclic) bond motifs is 2. The van der Waals surface area contributed by atoms with Crippen molar-refractivity contribution in [3.63, 3.8) is 0 Å². The first kappa shape index (κ1) is 14.6. The Balaban J connectivity index is 1.63. The molecule has 2 fully saturated rings. The van der Waals surface area contributed by atoms with Crippen LogP contribution in [0.15, 0.2) is 12.1 Å². The van der Waals surface area contributed by atoms with Crippen molar-refractivity contribution in [1.29, 1.82) is 0 Å². The molecule has 0 amide bonds. The van der Waals surface area contributed by atoms with Gasteiger partial charge in [-0.05, 0) is 64.6 Å². The average molecular weight is 292 g/mol. The van der Waals surface area contributed by atoms with Gasteiger partial charge in [0.25, 0.3) is 0 Å². The zero-order valence-electron chi connectivity index (χ0n) is 13.1. The average Bonchev–Trinajstić information content (AvgIpc) is 2.92. The second-order valence-corrected chi connectivity index (χ2v) is 8.00. The lowest BCUT2D eigenvalue weighted by Gasteiger charge is -2.42. The standard InChI is InChI=1S/C17H28N2S/c1-4-18-14-10-15-6-7-16(11-14)19(15)12(2)9-17-8-5-13(3)20-17/h5,8,12,14-16,18H,4,6-7,9-11H2,1-3H3. The summed E-state index contributed by atoms with van der Waals surface area (Å²) in [6.07, 6.45) is 6.79. The third-order valence-electron chi connectivity index (χ3n) is 5.08. The molecular weight excluding hydrogens is 264 g/mol. The van der Waals surface area contributed by atoms with E-state index in [1.807, 2.05) is 11.3 Å². The molecule has 112 valence electrons. The molecule has 1 N–H and O–H groups in total. The monoisotopic (exact) mass is 292 g/mol. The molecule has 20 heavy (non-hydrogen) atoms. The van der Waals surface area contributed by atoms with Crippen molar-refractivity contribution in [3.05, 3.63) is 21.9 Å². The Morgan fingerprint density at radius 1 is 1.30 bits per heavy atom. The number of nitrogens with one attached hydrogen (secondary N) is 1. The van der Waals surface area contributed by atoms with Crippen molar-refractivity contribution < 1.29 is 0 Å². The highest BCUT2D eigenvalue weighted by Crippen LogP contribution is 2.38. The summed E-state index contributed by atoms with van der Waals surface area (Å²) in [7, 11) is 0. The normalized spacial score (nSPS) is 31.6. The maximum Gasteiger partial charge on any atom is 0.0121 e. The van der Waals surface area contributed by atoms with Gasteiger partial charge in [0.15, 0.2) is 0 Å². The van der Waals surface area contributed by atoms with Gasteiger partial charge in [-0.3, -0.25) is 4.90 Å². The van der Waals surface area contributed by atoms with Crippen molar-refractivity contribution in [2.75, 3.05) is 6.54 Å². The molecule has 3 unspecified atom stereocenters. The topological polar surface area (TPSA) is 15.3 Å². The van der Waals surface area contributed by atoms with E-state index in [1.165, 1.54) is 37.0 Å². The fourth-order valence-corrected chi connectivity index (χ4v) is 5.39. The Morgan fingerprint density at radius 3 is 2.55 bits per heavy atom. The maximum absolute atomic E-state index is 3.67. The molecule has 0 aromatic carbocycles. The Kier molecular flexibility index (Phi) is 4.49. The zero-order valence-corrected chi connectivity index (χ0v) is 13.9. The van der Waals surface area contributed by atoms with E-state index in [-0.39, 0.29) is 0 Å². The molecule has 0 radical (unpaired) electrons. The molecule has 3 atom stereocenters. The molecule has 2 nitrogen and oxygen atoms in total. The van der Waals surface area contributed by atoms with Crippen LogP contribution in [0.1, 0.15) is 49.3 Å². The summed E-state index contributed by atoms with van der Waals surface area (Å²) in [5.41, 5.74) is 0. The van der Waals surface area contributed by atoms with E-state index in [4.69, 9.17) is 0 Å². The molecular formula is C17H28N2S. The van der Waals surface area contributed by atoms with E-state index in [2.05, 4.69) is 43.1 Å². The second kappa shape index (κ2) is 6.17. The van der Waals surface area contributed by atoms with Crippen LogP contribution in [-0.2, 0) is 6.42 Å². The first-order valence-corrected chi connectivity index (χ1v) is 9.05. The molecule has 0 saturated carbocycles. The van der Waals surface area contributed by atoms with Gasteiger partial charge < -0.3 is 5.32 Å². The Hall–Kier alpha value is -0.380. The molecule has 2 saturated heterocycles. The lowest BCUT2D eigenvalue weighted by atomic mass is 9.95. The fourth-order valence-electron chi connectivity index (χ4n) is 4.38. The van der Waals surface area contributed by atoms with Gasteiger partial charge in [0.05, 0.1) is 0 Å². The van der Waals surface area contributed by atoms with E-state index >= 15 is 0 Å². The molecule has 0 aliphatic carbocycles. The molecule has 1 aromatic heterocycles. The lowest BCUT2D eigenvalue weighted by molar-refractivity contribution is 0.0781. The van der Waals surface area contributed by atoms with Crippen LogP contribution in [0.3, 0.4) is 0 Å². The number of hydrogen-bond donors (Lipinski definition) is 1. The summed E-state index contributed by atoms with van der Waals surface area (Å²) in [6.45, 7) is 8.00. The number of aryl methyl sites for hydroxylation is 1. The third-order valence-corrected chi connectivity index (χ3v) is 6.11. The van der Waals surface area contributed by atoms with Crippen LogP contribution < -0.4 is 5.32 Å². The summed E-state index contributed by atoms with van der Waals surface area (Å²) < 4.78 is 0. The molecule has 3 heteroatoms. The van der Waals surface area contributed by atoms with Gasteiger partial charge in [0.2, 0.25) is 0 Å². The Morgan fingerprint density at radius 2 is 2.00 bits per heavy atom. The van der Waals surface area contributed by atoms with Gasteiger partial charge >= 0.3 is 0 Å². The van der Waals surface area contributed by atoms with Crippen molar-refractivity contribution >= 4 is 11.3 Å². The Labute approximate surface area is 127 Å². The van der Waals surface area contributed by atoms with Gasteiger partial charge in [-0.2, -0.15) is 0 Å². The number of piperidine rings is 1. The molecule has 2 bridgehead atoms. The quantitative estimate of drug-likeness (QED) is 0.892. The lowest BCUT2D eigenvalue weighted by Crippen LogP contribution is -2.52. The molecule has 3 heterocycles. The van der Waals surface area contributed by atoms with Crippen LogP contribution in [0, 0.1) is 6.92 Å². The summed E-state index contributed by atoms with van der Waals surface area (Å²) in [5, 5.41) is 3.67. The van der Waals surface area contributed by atoms with Crippen LogP contribution in [0.25, 0.3) is 0 Å². The highest BCUT2D eigenvalue weighted by Gasteiger charge is 2.42. The number of hydrogen-bond acceptors (Lipinski definition) is 3. The number of rotatable bonds is 5. The molecule has 0 spiro atoms. The summed E-state index contributed by atoms with van der Waals surface area (Å²) in [6, 6.07) is 7.71. The zero-order chi connectivity index (χ0) is 14.1. The van der Waals surface area contributed by atoms with Gasteiger partial charge in [-0.15, -0.1) is 11.3 Å². The minimum Gasteiger partial charge on any atom is -0.314 e. The van der Waals surface area contributed by atoms with Gasteiger partial charge in [-0.1, -0.05) is 6.92 Å². The first-order valence-electron chi connectivity index (χ1n) is 8.23. The molecule has 2 aliphatic heterocycles. The number of thiophene rings is 1. The highest BCUT2D eigenvalue weighted by molar-refractivity contribution is 7.11. The van der Waals surface area contributed by atoms with Crippen molar-refractivity contribution in [1.82, 2.24) is 10.2 Å². The SMILES string of the molecule is CCNC1CC2CCC(C1)N2C(C)Cc1ccc(C)s1. The van der Waals surface area contributed by atoms with Gasteiger partial charge in [0.1, 0.15) is 0 Å². The van der Waals surface area contributed by atoms with Crippen LogP contribution in [0.4, 0.5) is 0 Å². The largest absolute Gasteiger partial charge is 0.314 e. The van der Waals surface area contributed by atoms with Crippen molar-refractivity contribution in [2.45, 2.75) is 77.0 Å². The van der Waals surface area contributed by atoms with Crippen LogP contribution in [-0.4, -0.2) is 35.6 Å². The minimum absolute atomic E-state index is 0.702. The van der Waals surface area contributed by atoms with Crippen LogP contribution in [0.5, 0.6) is 0 Å². The molecule has 1 aromatic rings. The van der Waals surface area contributed by atoms with Gasteiger partial charge in [-0.25, -0.2) is 0 Å². The second-order valence-electron chi connectivity index (χ2n) is 6.62. The van der Waals surface area contributed by atoms with Gasteiger partial charge in [0, 0.05) is 33.9 Å². The fraction of sp³-hybridized carbons (Fsp3) is 0.765. The van der Waals surface area contributed by atoms with Crippen LogP contribution >= 0.6 is 11.3 Å². The first-order chi connectivity index (χ1) is 9.67. The smallest absolute Gasteiger partial charge is 0.0121 e. The van der Waals surface area contributed by atoms with E-state index in [0.717, 1.165) is 24.7 Å². The summed E-state index contributed by atoms with van der Waals surface area (Å²) in [4.78, 5) is 5.85. The maximum atomic E-state index is 3.67. The summed E-state index contributed by atoms with van der Waals surface area (Å²) >= 11 is 1.97. The minimum atomic E-state index is 0.702.